The van der Waals surface area contributed by atoms with Crippen LogP contribution in [-0.4, -0.2) is 11.3 Å². The molecule has 0 radical (unpaired) electrons. The third-order valence-electron chi connectivity index (χ3n) is 1.90. The van der Waals surface area contributed by atoms with Gasteiger partial charge < -0.3 is 5.32 Å². The topological polar surface area (TPSA) is 72.2 Å². The number of rotatable bonds is 4. The molecule has 1 unspecified atom stereocenters. The van der Waals surface area contributed by atoms with Gasteiger partial charge in [0.25, 0.3) is 5.69 Å². The summed E-state index contributed by atoms with van der Waals surface area (Å²) in [5, 5.41) is 13.0. The van der Waals surface area contributed by atoms with E-state index in [9.17, 15) is 14.9 Å². The zero-order valence-corrected chi connectivity index (χ0v) is 7.64. The van der Waals surface area contributed by atoms with Crippen LogP contribution in [0.4, 0.5) is 5.69 Å². The highest BCUT2D eigenvalue weighted by atomic mass is 16.6. The molecule has 5 nitrogen and oxygen atoms in total. The Morgan fingerprint density at radius 2 is 2.29 bits per heavy atom. The number of amides is 1. The molecule has 0 heterocycles. The highest BCUT2D eigenvalue weighted by molar-refractivity contribution is 5.48. The maximum absolute atomic E-state index is 10.4. The Morgan fingerprint density at radius 3 is 2.86 bits per heavy atom. The van der Waals surface area contributed by atoms with Gasteiger partial charge in [0.15, 0.2) is 0 Å². The van der Waals surface area contributed by atoms with E-state index in [0.29, 0.717) is 12.0 Å². The van der Waals surface area contributed by atoms with E-state index in [-0.39, 0.29) is 11.7 Å². The standard InChI is InChI=1S/C9H10N2O3/c1-7(10-6-12)8-3-2-4-9(5-8)11(13)14/h2-7H,1H3,(H,10,12). The highest BCUT2D eigenvalue weighted by Crippen LogP contribution is 2.18. The lowest BCUT2D eigenvalue weighted by Gasteiger charge is -2.09. The molecule has 0 aliphatic rings. The fraction of sp³-hybridized carbons (Fsp3) is 0.222. The summed E-state index contributed by atoms with van der Waals surface area (Å²) in [6.07, 6.45) is 0.573. The van der Waals surface area contributed by atoms with E-state index in [4.69, 9.17) is 0 Å². The van der Waals surface area contributed by atoms with E-state index in [1.54, 1.807) is 19.1 Å². The number of nitro benzene ring substituents is 1. The van der Waals surface area contributed by atoms with Gasteiger partial charge in [-0.1, -0.05) is 12.1 Å². The Bertz CT molecular complexity index is 352. The normalized spacial score (nSPS) is 11.8. The Hall–Kier alpha value is -1.91. The number of nitrogens with zero attached hydrogens (tertiary/aromatic N) is 1. The number of non-ortho nitro benzene ring substituents is 1. The fourth-order valence-electron chi connectivity index (χ4n) is 1.11. The van der Waals surface area contributed by atoms with Crippen LogP contribution in [0.1, 0.15) is 18.5 Å². The van der Waals surface area contributed by atoms with E-state index >= 15 is 0 Å². The second kappa shape index (κ2) is 4.36. The molecule has 0 fully saturated rings. The van der Waals surface area contributed by atoms with Crippen molar-refractivity contribution in [2.24, 2.45) is 0 Å². The van der Waals surface area contributed by atoms with Crippen LogP contribution in [0, 0.1) is 10.1 Å². The molecule has 0 aliphatic heterocycles. The second-order valence-corrected chi connectivity index (χ2v) is 2.86. The van der Waals surface area contributed by atoms with Crippen LogP contribution in [0.25, 0.3) is 0 Å². The molecule has 1 atom stereocenters. The second-order valence-electron chi connectivity index (χ2n) is 2.86. The number of carbonyl (C=O) groups is 1. The van der Waals surface area contributed by atoms with E-state index < -0.39 is 4.92 Å². The summed E-state index contributed by atoms with van der Waals surface area (Å²) in [4.78, 5) is 20.2. The van der Waals surface area contributed by atoms with Gasteiger partial charge in [-0.05, 0) is 12.5 Å². The van der Waals surface area contributed by atoms with Gasteiger partial charge in [0.05, 0.1) is 11.0 Å². The largest absolute Gasteiger partial charge is 0.352 e. The number of nitro groups is 1. The first-order chi connectivity index (χ1) is 6.65. The van der Waals surface area contributed by atoms with Crippen LogP contribution in [0.15, 0.2) is 24.3 Å². The molecule has 0 saturated heterocycles. The molecule has 0 aliphatic carbocycles. The number of hydrogen-bond donors (Lipinski definition) is 1. The number of carbonyl (C=O) groups excluding carboxylic acids is 1. The molecule has 14 heavy (non-hydrogen) atoms. The third kappa shape index (κ3) is 2.29. The predicted octanol–water partition coefficient (Wildman–Crippen LogP) is 1.40. The molecule has 0 bridgehead atoms. The Balaban J connectivity index is 2.93. The lowest BCUT2D eigenvalue weighted by molar-refractivity contribution is -0.384. The molecule has 0 spiro atoms. The monoisotopic (exact) mass is 194 g/mol. The first kappa shape index (κ1) is 10.2. The van der Waals surface area contributed by atoms with Crippen molar-refractivity contribution in [3.05, 3.63) is 39.9 Å². The quantitative estimate of drug-likeness (QED) is 0.447. The lowest BCUT2D eigenvalue weighted by atomic mass is 10.1. The first-order valence-corrected chi connectivity index (χ1v) is 4.09. The van der Waals surface area contributed by atoms with E-state index in [1.165, 1.54) is 12.1 Å². The molecule has 0 saturated carbocycles. The van der Waals surface area contributed by atoms with Crippen molar-refractivity contribution in [1.82, 2.24) is 5.32 Å². The minimum atomic E-state index is -0.461. The van der Waals surface area contributed by atoms with Crippen LogP contribution in [0.3, 0.4) is 0 Å². The van der Waals surface area contributed by atoms with Crippen molar-refractivity contribution < 1.29 is 9.72 Å². The molecule has 74 valence electrons. The van der Waals surface area contributed by atoms with Crippen LogP contribution in [0.5, 0.6) is 0 Å². The number of benzene rings is 1. The summed E-state index contributed by atoms with van der Waals surface area (Å²) in [5.74, 6) is 0. The van der Waals surface area contributed by atoms with Crippen molar-refractivity contribution in [3.8, 4) is 0 Å². The Labute approximate surface area is 80.9 Å². The first-order valence-electron chi connectivity index (χ1n) is 4.09. The Morgan fingerprint density at radius 1 is 1.57 bits per heavy atom. The third-order valence-corrected chi connectivity index (χ3v) is 1.90. The van der Waals surface area contributed by atoms with Crippen LogP contribution in [0.2, 0.25) is 0 Å². The van der Waals surface area contributed by atoms with Crippen molar-refractivity contribution in [3.63, 3.8) is 0 Å². The van der Waals surface area contributed by atoms with Crippen LogP contribution >= 0.6 is 0 Å². The van der Waals surface area contributed by atoms with Crippen molar-refractivity contribution in [1.29, 1.82) is 0 Å². The molecular weight excluding hydrogens is 184 g/mol. The van der Waals surface area contributed by atoms with Gasteiger partial charge in [0.2, 0.25) is 6.41 Å². The van der Waals surface area contributed by atoms with E-state index in [0.717, 1.165) is 0 Å². The summed E-state index contributed by atoms with van der Waals surface area (Å²) in [7, 11) is 0. The van der Waals surface area contributed by atoms with Gasteiger partial charge in [-0.3, -0.25) is 14.9 Å². The minimum absolute atomic E-state index is 0.0297. The van der Waals surface area contributed by atoms with Crippen LogP contribution < -0.4 is 5.32 Å². The van der Waals surface area contributed by atoms with Gasteiger partial charge in [-0.2, -0.15) is 0 Å². The van der Waals surface area contributed by atoms with Gasteiger partial charge in [0, 0.05) is 12.1 Å². The average molecular weight is 194 g/mol. The summed E-state index contributed by atoms with van der Waals surface area (Å²) in [6.45, 7) is 1.76. The molecule has 1 amide bonds. The van der Waals surface area contributed by atoms with Crippen molar-refractivity contribution in [2.45, 2.75) is 13.0 Å². The average Bonchev–Trinajstić information content (AvgIpc) is 2.18. The molecule has 1 rings (SSSR count). The van der Waals surface area contributed by atoms with E-state index in [1.807, 2.05) is 0 Å². The zero-order chi connectivity index (χ0) is 10.6. The molecule has 5 heteroatoms. The predicted molar refractivity (Wildman–Crippen MR) is 50.7 cm³/mol. The van der Waals surface area contributed by atoms with Gasteiger partial charge in [-0.15, -0.1) is 0 Å². The summed E-state index contributed by atoms with van der Waals surface area (Å²) in [5.41, 5.74) is 0.744. The summed E-state index contributed by atoms with van der Waals surface area (Å²) < 4.78 is 0. The van der Waals surface area contributed by atoms with Gasteiger partial charge >= 0.3 is 0 Å². The SMILES string of the molecule is CC(NC=O)c1cccc([N+](=O)[O-])c1. The maximum atomic E-state index is 10.4. The zero-order valence-electron chi connectivity index (χ0n) is 7.64. The van der Waals surface area contributed by atoms with Crippen molar-refractivity contribution >= 4 is 12.1 Å². The minimum Gasteiger partial charge on any atom is -0.352 e. The lowest BCUT2D eigenvalue weighted by Crippen LogP contribution is -2.15. The van der Waals surface area contributed by atoms with Crippen LogP contribution in [-0.2, 0) is 4.79 Å². The smallest absolute Gasteiger partial charge is 0.269 e. The number of nitrogens with one attached hydrogen (secondary N) is 1. The number of hydrogen-bond acceptors (Lipinski definition) is 3. The summed E-state index contributed by atoms with van der Waals surface area (Å²) in [6, 6.07) is 5.97. The Kier molecular flexibility index (Phi) is 3.17. The van der Waals surface area contributed by atoms with Gasteiger partial charge in [-0.25, -0.2) is 0 Å². The maximum Gasteiger partial charge on any atom is 0.269 e. The molecule has 1 aromatic rings. The fourth-order valence-corrected chi connectivity index (χ4v) is 1.11. The highest BCUT2D eigenvalue weighted by Gasteiger charge is 2.09. The van der Waals surface area contributed by atoms with E-state index in [2.05, 4.69) is 5.32 Å². The van der Waals surface area contributed by atoms with Crippen molar-refractivity contribution in [2.75, 3.05) is 0 Å². The molecule has 1 N–H and O–H groups in total. The molecule has 0 aromatic heterocycles. The molecular formula is C9H10N2O3. The van der Waals surface area contributed by atoms with Gasteiger partial charge in [0.1, 0.15) is 0 Å². The molecule has 1 aromatic carbocycles. The summed E-state index contributed by atoms with van der Waals surface area (Å²) >= 11 is 0.